The van der Waals surface area contributed by atoms with E-state index in [9.17, 15) is 14.0 Å². The first-order valence-corrected chi connectivity index (χ1v) is 5.20. The molecule has 0 unspecified atom stereocenters. The summed E-state index contributed by atoms with van der Waals surface area (Å²) >= 11 is 5.59. The SMILES string of the molecule is O=C1C[C@@H](C(=O)Cc2cccc(Cl)c2F)N1. The standard InChI is InChI=1S/C11H9ClFNO2/c12-7-3-1-2-6(11(7)13)4-9(15)8-5-10(16)14-8/h1-3,8H,4-5H2,(H,14,16)/t8-/m0/s1. The molecule has 0 saturated carbocycles. The Kier molecular flexibility index (Phi) is 2.92. The van der Waals surface area contributed by atoms with Crippen LogP contribution in [0.15, 0.2) is 18.2 Å². The Bertz CT molecular complexity index is 453. The van der Waals surface area contributed by atoms with Crippen LogP contribution in [0.5, 0.6) is 0 Å². The summed E-state index contributed by atoms with van der Waals surface area (Å²) in [6.45, 7) is 0. The van der Waals surface area contributed by atoms with Crippen molar-refractivity contribution in [2.75, 3.05) is 0 Å². The molecular formula is C11H9ClFNO2. The Labute approximate surface area is 96.6 Å². The lowest BCUT2D eigenvalue weighted by atomic mass is 9.96. The van der Waals surface area contributed by atoms with E-state index >= 15 is 0 Å². The molecule has 1 saturated heterocycles. The van der Waals surface area contributed by atoms with Gasteiger partial charge in [0.15, 0.2) is 5.78 Å². The van der Waals surface area contributed by atoms with Crippen molar-refractivity contribution in [2.24, 2.45) is 0 Å². The second-order valence-electron chi connectivity index (χ2n) is 3.68. The first-order valence-electron chi connectivity index (χ1n) is 4.83. The van der Waals surface area contributed by atoms with Crippen LogP contribution < -0.4 is 5.32 Å². The lowest BCUT2D eigenvalue weighted by molar-refractivity contribution is -0.135. The fourth-order valence-corrected chi connectivity index (χ4v) is 1.74. The van der Waals surface area contributed by atoms with Gasteiger partial charge >= 0.3 is 0 Å². The number of benzene rings is 1. The average molecular weight is 242 g/mol. The van der Waals surface area contributed by atoms with Crippen LogP contribution in [-0.2, 0) is 16.0 Å². The van der Waals surface area contributed by atoms with Gasteiger partial charge in [-0.2, -0.15) is 0 Å². The minimum Gasteiger partial charge on any atom is -0.346 e. The number of rotatable bonds is 3. The molecule has 1 aromatic carbocycles. The lowest BCUT2D eigenvalue weighted by Gasteiger charge is -2.25. The Morgan fingerprint density at radius 2 is 2.25 bits per heavy atom. The Morgan fingerprint density at radius 3 is 2.88 bits per heavy atom. The molecule has 2 rings (SSSR count). The minimum absolute atomic E-state index is 0.00273. The van der Waals surface area contributed by atoms with Gasteiger partial charge in [-0.1, -0.05) is 23.7 Å². The van der Waals surface area contributed by atoms with Crippen LogP contribution in [0.4, 0.5) is 4.39 Å². The van der Waals surface area contributed by atoms with Crippen LogP contribution in [-0.4, -0.2) is 17.7 Å². The van der Waals surface area contributed by atoms with Gasteiger partial charge in [-0.3, -0.25) is 9.59 Å². The van der Waals surface area contributed by atoms with Crippen molar-refractivity contribution in [3.63, 3.8) is 0 Å². The number of amides is 1. The molecule has 1 aliphatic heterocycles. The maximum atomic E-state index is 13.5. The average Bonchev–Trinajstić information content (AvgIpc) is 2.20. The molecule has 1 aliphatic rings. The molecular weight excluding hydrogens is 233 g/mol. The molecule has 1 N–H and O–H groups in total. The second kappa shape index (κ2) is 4.22. The van der Waals surface area contributed by atoms with Crippen LogP contribution in [0, 0.1) is 5.82 Å². The Balaban J connectivity index is 2.06. The number of nitrogens with one attached hydrogen (secondary N) is 1. The van der Waals surface area contributed by atoms with E-state index in [1.807, 2.05) is 0 Å². The van der Waals surface area contributed by atoms with Crippen LogP contribution in [0.1, 0.15) is 12.0 Å². The molecule has 0 spiro atoms. The third kappa shape index (κ3) is 2.07. The summed E-state index contributed by atoms with van der Waals surface area (Å²) in [7, 11) is 0. The highest BCUT2D eigenvalue weighted by Gasteiger charge is 2.31. The van der Waals surface area contributed by atoms with Crippen molar-refractivity contribution in [2.45, 2.75) is 18.9 Å². The molecule has 1 atom stereocenters. The third-order valence-electron chi connectivity index (χ3n) is 2.51. The third-order valence-corrected chi connectivity index (χ3v) is 2.80. The molecule has 0 bridgehead atoms. The summed E-state index contributed by atoms with van der Waals surface area (Å²) in [4.78, 5) is 22.2. The van der Waals surface area contributed by atoms with Gasteiger partial charge in [0, 0.05) is 6.42 Å². The number of carbonyl (C=O) groups is 2. The van der Waals surface area contributed by atoms with E-state index in [0.717, 1.165) is 0 Å². The molecule has 84 valence electrons. The Morgan fingerprint density at radius 1 is 1.56 bits per heavy atom. The van der Waals surface area contributed by atoms with Gasteiger partial charge in [-0.25, -0.2) is 4.39 Å². The number of halogens is 2. The quantitative estimate of drug-likeness (QED) is 0.815. The first-order chi connectivity index (χ1) is 7.58. The fourth-order valence-electron chi connectivity index (χ4n) is 1.55. The molecule has 0 radical (unpaired) electrons. The highest BCUT2D eigenvalue weighted by Crippen LogP contribution is 2.19. The van der Waals surface area contributed by atoms with Gasteiger partial charge in [-0.05, 0) is 11.6 Å². The zero-order valence-corrected chi connectivity index (χ0v) is 9.05. The zero-order valence-electron chi connectivity index (χ0n) is 8.30. The molecule has 1 amide bonds. The van der Waals surface area contributed by atoms with Crippen molar-refractivity contribution in [3.8, 4) is 0 Å². The number of hydrogen-bond donors (Lipinski definition) is 1. The van der Waals surface area contributed by atoms with Crippen LogP contribution in [0.2, 0.25) is 5.02 Å². The fraction of sp³-hybridized carbons (Fsp3) is 0.273. The summed E-state index contributed by atoms with van der Waals surface area (Å²) in [5.74, 6) is -0.908. The van der Waals surface area contributed by atoms with Crippen LogP contribution >= 0.6 is 11.6 Å². The zero-order chi connectivity index (χ0) is 11.7. The summed E-state index contributed by atoms with van der Waals surface area (Å²) in [5.41, 5.74) is 0.263. The number of hydrogen-bond acceptors (Lipinski definition) is 2. The van der Waals surface area contributed by atoms with E-state index in [-0.39, 0.29) is 35.1 Å². The van der Waals surface area contributed by atoms with Crippen molar-refractivity contribution < 1.29 is 14.0 Å². The van der Waals surface area contributed by atoms with Gasteiger partial charge < -0.3 is 5.32 Å². The maximum absolute atomic E-state index is 13.5. The maximum Gasteiger partial charge on any atom is 0.223 e. The van der Waals surface area contributed by atoms with Gasteiger partial charge in [-0.15, -0.1) is 0 Å². The molecule has 1 heterocycles. The van der Waals surface area contributed by atoms with Crippen molar-refractivity contribution in [1.82, 2.24) is 5.32 Å². The molecule has 0 aliphatic carbocycles. The highest BCUT2D eigenvalue weighted by atomic mass is 35.5. The summed E-state index contributed by atoms with van der Waals surface area (Å²) in [6.07, 6.45) is 0.151. The summed E-state index contributed by atoms with van der Waals surface area (Å²) in [6, 6.07) is 4.06. The van der Waals surface area contributed by atoms with Crippen molar-refractivity contribution in [3.05, 3.63) is 34.6 Å². The molecule has 16 heavy (non-hydrogen) atoms. The predicted octanol–water partition coefficient (Wildman–Crippen LogP) is 1.48. The summed E-state index contributed by atoms with van der Waals surface area (Å²) in [5, 5.41) is 2.46. The number of carbonyl (C=O) groups excluding carboxylic acids is 2. The van der Waals surface area contributed by atoms with Crippen molar-refractivity contribution >= 4 is 23.3 Å². The van der Waals surface area contributed by atoms with Crippen LogP contribution in [0.3, 0.4) is 0 Å². The van der Waals surface area contributed by atoms with E-state index in [1.165, 1.54) is 12.1 Å². The topological polar surface area (TPSA) is 46.2 Å². The highest BCUT2D eigenvalue weighted by molar-refractivity contribution is 6.30. The smallest absolute Gasteiger partial charge is 0.223 e. The summed E-state index contributed by atoms with van der Waals surface area (Å²) < 4.78 is 13.5. The number of ketones is 1. The number of β-lactam (4-membered cyclic amide) rings is 1. The molecule has 1 fully saturated rings. The van der Waals surface area contributed by atoms with Gasteiger partial charge in [0.1, 0.15) is 5.82 Å². The van der Waals surface area contributed by atoms with E-state index < -0.39 is 11.9 Å². The molecule has 5 heteroatoms. The monoisotopic (exact) mass is 241 g/mol. The minimum atomic E-state index is -0.567. The van der Waals surface area contributed by atoms with E-state index in [0.29, 0.717) is 0 Å². The Hall–Kier alpha value is -1.42. The lowest BCUT2D eigenvalue weighted by Crippen LogP contribution is -2.53. The molecule has 3 nitrogen and oxygen atoms in total. The van der Waals surface area contributed by atoms with E-state index in [2.05, 4.69) is 5.32 Å². The van der Waals surface area contributed by atoms with E-state index in [1.54, 1.807) is 6.07 Å². The largest absolute Gasteiger partial charge is 0.346 e. The molecule has 0 aromatic heterocycles. The van der Waals surface area contributed by atoms with Gasteiger partial charge in [0.25, 0.3) is 0 Å². The first kappa shape index (κ1) is 11.1. The normalized spacial score (nSPS) is 18.9. The van der Waals surface area contributed by atoms with Crippen LogP contribution in [0.25, 0.3) is 0 Å². The number of Topliss-reactive ketones (excluding diaryl/α,β-unsaturated/α-hetero) is 1. The van der Waals surface area contributed by atoms with Gasteiger partial charge in [0.05, 0.1) is 17.5 Å². The van der Waals surface area contributed by atoms with Gasteiger partial charge in [0.2, 0.25) is 5.91 Å². The predicted molar refractivity (Wildman–Crippen MR) is 56.7 cm³/mol. The van der Waals surface area contributed by atoms with Crippen molar-refractivity contribution in [1.29, 1.82) is 0 Å². The molecule has 1 aromatic rings. The second-order valence-corrected chi connectivity index (χ2v) is 4.09. The van der Waals surface area contributed by atoms with E-state index in [4.69, 9.17) is 11.6 Å².